The van der Waals surface area contributed by atoms with Gasteiger partial charge in [0.2, 0.25) is 0 Å². The highest BCUT2D eigenvalue weighted by Gasteiger charge is 2.42. The summed E-state index contributed by atoms with van der Waals surface area (Å²) in [5, 5.41) is 3.66. The van der Waals surface area contributed by atoms with Crippen LogP contribution in [0.5, 0.6) is 0 Å². The second kappa shape index (κ2) is 5.69. The quantitative estimate of drug-likeness (QED) is 0.820. The Labute approximate surface area is 135 Å². The van der Waals surface area contributed by atoms with Crippen LogP contribution in [0.1, 0.15) is 43.0 Å². The minimum Gasteiger partial charge on any atom is -0.399 e. The zero-order valence-electron chi connectivity index (χ0n) is 12.0. The van der Waals surface area contributed by atoms with Crippen LogP contribution in [0.15, 0.2) is 12.1 Å². The Morgan fingerprint density at radius 3 is 2.71 bits per heavy atom. The first-order chi connectivity index (χ1) is 9.95. The van der Waals surface area contributed by atoms with Gasteiger partial charge in [-0.15, -0.1) is 0 Å². The number of hydrogen-bond acceptors (Lipinski definition) is 2. The lowest BCUT2D eigenvalue weighted by Gasteiger charge is -2.28. The van der Waals surface area contributed by atoms with Crippen molar-refractivity contribution in [2.75, 3.05) is 5.73 Å². The smallest absolute Gasteiger partial charge is 0.253 e. The summed E-state index contributed by atoms with van der Waals surface area (Å²) in [5.41, 5.74) is 6.55. The second-order valence-electron chi connectivity index (χ2n) is 6.47. The molecular formula is C16H20Cl2N2O. The van der Waals surface area contributed by atoms with E-state index in [2.05, 4.69) is 12.2 Å². The van der Waals surface area contributed by atoms with Gasteiger partial charge in [0.1, 0.15) is 0 Å². The first-order valence-corrected chi connectivity index (χ1v) is 8.26. The number of nitrogen functional groups attached to an aromatic ring is 1. The van der Waals surface area contributed by atoms with Gasteiger partial charge in [0.15, 0.2) is 0 Å². The fraction of sp³-hybridized carbons (Fsp3) is 0.562. The van der Waals surface area contributed by atoms with Gasteiger partial charge in [-0.1, -0.05) is 29.6 Å². The highest BCUT2D eigenvalue weighted by atomic mass is 35.5. The third-order valence-corrected chi connectivity index (χ3v) is 5.89. The van der Waals surface area contributed by atoms with E-state index in [1.54, 1.807) is 12.1 Å². The lowest BCUT2D eigenvalue weighted by Crippen LogP contribution is -2.40. The highest BCUT2D eigenvalue weighted by Crippen LogP contribution is 2.49. The monoisotopic (exact) mass is 326 g/mol. The van der Waals surface area contributed by atoms with Crippen molar-refractivity contribution < 1.29 is 4.79 Å². The first-order valence-electron chi connectivity index (χ1n) is 7.51. The number of fused-ring (bicyclic) bond motifs is 2. The molecule has 4 unspecified atom stereocenters. The first kappa shape index (κ1) is 15.0. The van der Waals surface area contributed by atoms with Gasteiger partial charge in [-0.25, -0.2) is 0 Å². The number of amides is 1. The van der Waals surface area contributed by atoms with Crippen molar-refractivity contribution in [2.24, 2.45) is 17.8 Å². The molecule has 0 aromatic heterocycles. The van der Waals surface area contributed by atoms with Crippen LogP contribution in [0, 0.1) is 17.8 Å². The Hall–Kier alpha value is -0.930. The van der Waals surface area contributed by atoms with E-state index in [4.69, 9.17) is 28.9 Å². The van der Waals surface area contributed by atoms with E-state index in [0.29, 0.717) is 22.2 Å². The van der Waals surface area contributed by atoms with Gasteiger partial charge < -0.3 is 11.1 Å². The van der Waals surface area contributed by atoms with Gasteiger partial charge in [0.05, 0.1) is 15.6 Å². The summed E-state index contributed by atoms with van der Waals surface area (Å²) in [5.74, 6) is 2.03. The van der Waals surface area contributed by atoms with Gasteiger partial charge in [0, 0.05) is 11.7 Å². The molecule has 0 heterocycles. The number of benzene rings is 1. The molecule has 3 rings (SSSR count). The standard InChI is InChI=1S/C16H20Cl2N2O/c1-8(12-5-9-2-3-10(12)4-9)20-16(21)13-6-11(19)7-14(17)15(13)18/h6-10,12H,2-5,19H2,1H3,(H,20,21). The highest BCUT2D eigenvalue weighted by molar-refractivity contribution is 6.44. The molecule has 1 aromatic rings. The average molecular weight is 327 g/mol. The minimum atomic E-state index is -0.190. The molecule has 3 N–H and O–H groups in total. The lowest BCUT2D eigenvalue weighted by atomic mass is 9.84. The molecule has 4 atom stereocenters. The second-order valence-corrected chi connectivity index (χ2v) is 7.25. The molecule has 0 saturated heterocycles. The van der Waals surface area contributed by atoms with E-state index < -0.39 is 0 Å². The van der Waals surface area contributed by atoms with E-state index in [-0.39, 0.29) is 17.0 Å². The molecule has 2 saturated carbocycles. The van der Waals surface area contributed by atoms with Gasteiger partial charge in [-0.05, 0) is 56.1 Å². The van der Waals surface area contributed by atoms with Gasteiger partial charge in [-0.2, -0.15) is 0 Å². The maximum atomic E-state index is 12.4. The molecule has 2 aliphatic carbocycles. The number of hydrogen-bond donors (Lipinski definition) is 2. The van der Waals surface area contributed by atoms with E-state index >= 15 is 0 Å². The summed E-state index contributed by atoms with van der Waals surface area (Å²) >= 11 is 12.1. The van der Waals surface area contributed by atoms with Crippen molar-refractivity contribution in [1.82, 2.24) is 5.32 Å². The van der Waals surface area contributed by atoms with Crippen molar-refractivity contribution in [1.29, 1.82) is 0 Å². The molecule has 0 spiro atoms. The Balaban J connectivity index is 1.72. The summed E-state index contributed by atoms with van der Waals surface area (Å²) in [6.45, 7) is 2.09. The predicted molar refractivity (Wildman–Crippen MR) is 86.7 cm³/mol. The van der Waals surface area contributed by atoms with Crippen LogP contribution in [0.3, 0.4) is 0 Å². The molecule has 1 aromatic carbocycles. The summed E-state index contributed by atoms with van der Waals surface area (Å²) in [6, 6.07) is 3.29. The number of anilines is 1. The van der Waals surface area contributed by atoms with E-state index in [9.17, 15) is 4.79 Å². The molecule has 2 fully saturated rings. The number of carbonyl (C=O) groups excluding carboxylic acids is 1. The van der Waals surface area contributed by atoms with Gasteiger partial charge >= 0.3 is 0 Å². The summed E-state index contributed by atoms with van der Waals surface area (Å²) in [6.07, 6.45) is 5.23. The molecule has 2 bridgehead atoms. The molecule has 5 heteroatoms. The van der Waals surface area contributed by atoms with Crippen LogP contribution in [0.4, 0.5) is 5.69 Å². The Morgan fingerprint density at radius 1 is 1.33 bits per heavy atom. The molecule has 3 nitrogen and oxygen atoms in total. The van der Waals surface area contributed by atoms with E-state index in [1.807, 2.05) is 0 Å². The van der Waals surface area contributed by atoms with Crippen LogP contribution in [0.25, 0.3) is 0 Å². The largest absolute Gasteiger partial charge is 0.399 e. The van der Waals surface area contributed by atoms with Crippen LogP contribution in [-0.2, 0) is 0 Å². The van der Waals surface area contributed by atoms with E-state index in [0.717, 1.165) is 11.8 Å². The van der Waals surface area contributed by atoms with Crippen LogP contribution >= 0.6 is 23.2 Å². The predicted octanol–water partition coefficient (Wildman–Crippen LogP) is 4.13. The van der Waals surface area contributed by atoms with Crippen molar-refractivity contribution in [3.05, 3.63) is 27.7 Å². The van der Waals surface area contributed by atoms with Crippen molar-refractivity contribution in [3.63, 3.8) is 0 Å². The number of rotatable bonds is 3. The zero-order chi connectivity index (χ0) is 15.1. The molecule has 2 aliphatic rings. The molecule has 21 heavy (non-hydrogen) atoms. The van der Waals surface area contributed by atoms with Crippen molar-refractivity contribution in [3.8, 4) is 0 Å². The Bertz CT molecular complexity index is 576. The van der Waals surface area contributed by atoms with Crippen LogP contribution in [-0.4, -0.2) is 11.9 Å². The average Bonchev–Trinajstić information content (AvgIpc) is 3.05. The SMILES string of the molecule is CC(NC(=O)c1cc(N)cc(Cl)c1Cl)C1CC2CCC1C2. The number of nitrogens with one attached hydrogen (secondary N) is 1. The number of halogens is 2. The molecule has 0 aliphatic heterocycles. The fourth-order valence-electron chi connectivity index (χ4n) is 4.07. The topological polar surface area (TPSA) is 55.1 Å². The van der Waals surface area contributed by atoms with Crippen LogP contribution in [0.2, 0.25) is 10.0 Å². The Kier molecular flexibility index (Phi) is 4.06. The summed E-state index contributed by atoms with van der Waals surface area (Å²) in [4.78, 5) is 12.4. The molecular weight excluding hydrogens is 307 g/mol. The maximum absolute atomic E-state index is 12.4. The third-order valence-electron chi connectivity index (χ3n) is 5.09. The maximum Gasteiger partial charge on any atom is 0.253 e. The van der Waals surface area contributed by atoms with Gasteiger partial charge in [0.25, 0.3) is 5.91 Å². The van der Waals surface area contributed by atoms with Crippen molar-refractivity contribution in [2.45, 2.75) is 38.6 Å². The minimum absolute atomic E-state index is 0.157. The summed E-state index contributed by atoms with van der Waals surface area (Å²) in [7, 11) is 0. The van der Waals surface area contributed by atoms with Crippen molar-refractivity contribution >= 4 is 34.8 Å². The molecule has 1 amide bonds. The van der Waals surface area contributed by atoms with E-state index in [1.165, 1.54) is 25.7 Å². The van der Waals surface area contributed by atoms with Crippen LogP contribution < -0.4 is 11.1 Å². The normalized spacial score (nSPS) is 28.6. The third kappa shape index (κ3) is 2.86. The Morgan fingerprint density at radius 2 is 2.10 bits per heavy atom. The zero-order valence-corrected chi connectivity index (χ0v) is 13.5. The molecule has 114 valence electrons. The fourth-order valence-corrected chi connectivity index (χ4v) is 4.50. The van der Waals surface area contributed by atoms with Gasteiger partial charge in [-0.3, -0.25) is 4.79 Å². The number of carbonyl (C=O) groups is 1. The number of nitrogens with two attached hydrogens (primary N) is 1. The lowest BCUT2D eigenvalue weighted by molar-refractivity contribution is 0.0915. The molecule has 0 radical (unpaired) electrons. The summed E-state index contributed by atoms with van der Waals surface area (Å²) < 4.78 is 0.